The van der Waals surface area contributed by atoms with Gasteiger partial charge in [0.1, 0.15) is 5.76 Å². The van der Waals surface area contributed by atoms with E-state index < -0.39 is 0 Å². The van der Waals surface area contributed by atoms with Crippen LogP contribution in [0.15, 0.2) is 57.8 Å². The van der Waals surface area contributed by atoms with Crippen LogP contribution >= 0.6 is 12.2 Å². The normalized spacial score (nSPS) is 12.2. The number of aromatic amines is 1. The van der Waals surface area contributed by atoms with E-state index in [1.165, 1.54) is 5.56 Å². The van der Waals surface area contributed by atoms with E-state index >= 15 is 0 Å². The SMILES string of the molecule is CC(/C=N\n1c(-c2ccc(C)cc2)n[nH]c1=S)=C\c1ccco1. The highest BCUT2D eigenvalue weighted by atomic mass is 32.1. The number of rotatable bonds is 4. The summed E-state index contributed by atoms with van der Waals surface area (Å²) in [6, 6.07) is 11.8. The van der Waals surface area contributed by atoms with E-state index in [-0.39, 0.29) is 0 Å². The molecule has 0 saturated carbocycles. The van der Waals surface area contributed by atoms with Crippen LogP contribution in [0.1, 0.15) is 18.2 Å². The van der Waals surface area contributed by atoms with E-state index in [4.69, 9.17) is 16.6 Å². The summed E-state index contributed by atoms with van der Waals surface area (Å²) in [4.78, 5) is 0. The van der Waals surface area contributed by atoms with Gasteiger partial charge in [0.05, 0.1) is 12.5 Å². The molecule has 0 aliphatic rings. The Labute approximate surface area is 139 Å². The summed E-state index contributed by atoms with van der Waals surface area (Å²) in [6.45, 7) is 3.99. The van der Waals surface area contributed by atoms with Crippen LogP contribution in [0.4, 0.5) is 0 Å². The van der Waals surface area contributed by atoms with Crippen molar-refractivity contribution in [1.29, 1.82) is 0 Å². The molecule has 0 unspecified atom stereocenters. The summed E-state index contributed by atoms with van der Waals surface area (Å²) in [6.07, 6.45) is 5.27. The largest absolute Gasteiger partial charge is 0.465 e. The summed E-state index contributed by atoms with van der Waals surface area (Å²) in [7, 11) is 0. The molecule has 0 spiro atoms. The van der Waals surface area contributed by atoms with Gasteiger partial charge in [-0.05, 0) is 49.8 Å². The molecule has 1 aromatic carbocycles. The number of hydrogen-bond acceptors (Lipinski definition) is 4. The molecular formula is C17H16N4OS. The summed E-state index contributed by atoms with van der Waals surface area (Å²) < 4.78 is 7.34. The number of aryl methyl sites for hydroxylation is 1. The van der Waals surface area contributed by atoms with Crippen LogP contribution in [0.3, 0.4) is 0 Å². The molecule has 2 heterocycles. The smallest absolute Gasteiger partial charge is 0.216 e. The van der Waals surface area contributed by atoms with E-state index in [1.54, 1.807) is 17.2 Å². The standard InChI is InChI=1S/C17H16N4OS/c1-12-5-7-14(8-6-12)16-19-20-17(23)21(16)18-11-13(2)10-15-4-3-9-22-15/h3-11H,1-2H3,(H,20,23)/b13-10+,18-11-. The lowest BCUT2D eigenvalue weighted by Gasteiger charge is -2.01. The van der Waals surface area contributed by atoms with Gasteiger partial charge in [0.2, 0.25) is 4.77 Å². The Kier molecular flexibility index (Phi) is 4.34. The zero-order valence-corrected chi connectivity index (χ0v) is 13.7. The minimum Gasteiger partial charge on any atom is -0.465 e. The van der Waals surface area contributed by atoms with Crippen LogP contribution < -0.4 is 0 Å². The van der Waals surface area contributed by atoms with Crippen molar-refractivity contribution in [2.24, 2.45) is 5.10 Å². The summed E-state index contributed by atoms with van der Waals surface area (Å²) in [5.41, 5.74) is 3.08. The van der Waals surface area contributed by atoms with Gasteiger partial charge >= 0.3 is 0 Å². The highest BCUT2D eigenvalue weighted by Crippen LogP contribution is 2.17. The molecule has 5 nitrogen and oxygen atoms in total. The van der Waals surface area contributed by atoms with E-state index in [0.717, 1.165) is 16.9 Å². The van der Waals surface area contributed by atoms with Crippen LogP contribution in [0, 0.1) is 11.7 Å². The van der Waals surface area contributed by atoms with Crippen molar-refractivity contribution >= 4 is 24.5 Å². The molecule has 0 atom stereocenters. The molecule has 2 aromatic heterocycles. The predicted molar refractivity (Wildman–Crippen MR) is 93.8 cm³/mol. The van der Waals surface area contributed by atoms with E-state index in [0.29, 0.717) is 10.6 Å². The maximum absolute atomic E-state index is 5.29. The van der Waals surface area contributed by atoms with E-state index in [9.17, 15) is 0 Å². The van der Waals surface area contributed by atoms with Crippen LogP contribution in [-0.4, -0.2) is 21.1 Å². The molecule has 0 fully saturated rings. The quantitative estimate of drug-likeness (QED) is 0.570. The van der Waals surface area contributed by atoms with Gasteiger partial charge in [0.25, 0.3) is 0 Å². The van der Waals surface area contributed by atoms with Gasteiger partial charge < -0.3 is 4.42 Å². The van der Waals surface area contributed by atoms with Crippen molar-refractivity contribution in [3.8, 4) is 11.4 Å². The second kappa shape index (κ2) is 6.58. The Morgan fingerprint density at radius 3 is 2.78 bits per heavy atom. The topological polar surface area (TPSA) is 59.1 Å². The average Bonchev–Trinajstić information content (AvgIpc) is 3.16. The van der Waals surface area contributed by atoms with Crippen molar-refractivity contribution in [3.63, 3.8) is 0 Å². The first kappa shape index (κ1) is 15.2. The predicted octanol–water partition coefficient (Wildman–Crippen LogP) is 4.45. The lowest BCUT2D eigenvalue weighted by atomic mass is 10.1. The Morgan fingerprint density at radius 1 is 1.30 bits per heavy atom. The molecule has 0 aliphatic heterocycles. The molecule has 0 radical (unpaired) electrons. The lowest BCUT2D eigenvalue weighted by Crippen LogP contribution is -1.95. The van der Waals surface area contributed by atoms with Gasteiger partial charge in [0, 0.05) is 5.56 Å². The van der Waals surface area contributed by atoms with Crippen molar-refractivity contribution < 1.29 is 4.42 Å². The fourth-order valence-corrected chi connectivity index (χ4v) is 2.25. The third-order valence-electron chi connectivity index (χ3n) is 3.25. The van der Waals surface area contributed by atoms with Crippen molar-refractivity contribution in [3.05, 3.63) is 64.3 Å². The second-order valence-corrected chi connectivity index (χ2v) is 5.57. The van der Waals surface area contributed by atoms with Gasteiger partial charge in [-0.1, -0.05) is 29.8 Å². The highest BCUT2D eigenvalue weighted by molar-refractivity contribution is 7.71. The molecular weight excluding hydrogens is 308 g/mol. The third-order valence-corrected chi connectivity index (χ3v) is 3.51. The van der Waals surface area contributed by atoms with Crippen LogP contribution in [0.2, 0.25) is 0 Å². The van der Waals surface area contributed by atoms with Gasteiger partial charge in [0.15, 0.2) is 5.82 Å². The van der Waals surface area contributed by atoms with Gasteiger partial charge in [-0.3, -0.25) is 0 Å². The van der Waals surface area contributed by atoms with Crippen molar-refractivity contribution in [1.82, 2.24) is 14.9 Å². The van der Waals surface area contributed by atoms with E-state index in [1.807, 2.05) is 56.3 Å². The number of nitrogens with zero attached hydrogens (tertiary/aromatic N) is 3. The van der Waals surface area contributed by atoms with Crippen LogP contribution in [0.25, 0.3) is 17.5 Å². The number of allylic oxidation sites excluding steroid dienone is 1. The molecule has 0 saturated heterocycles. The molecule has 23 heavy (non-hydrogen) atoms. The number of aromatic nitrogens is 3. The first-order valence-corrected chi connectivity index (χ1v) is 7.55. The molecule has 0 aliphatic carbocycles. The van der Waals surface area contributed by atoms with Crippen molar-refractivity contribution in [2.75, 3.05) is 0 Å². The molecule has 6 heteroatoms. The van der Waals surface area contributed by atoms with Gasteiger partial charge in [-0.2, -0.15) is 14.9 Å². The first-order valence-electron chi connectivity index (χ1n) is 7.14. The minimum atomic E-state index is 0.447. The molecule has 3 rings (SSSR count). The molecule has 1 N–H and O–H groups in total. The van der Waals surface area contributed by atoms with E-state index in [2.05, 4.69) is 15.3 Å². The third kappa shape index (κ3) is 3.54. The first-order chi connectivity index (χ1) is 11.1. The summed E-state index contributed by atoms with van der Waals surface area (Å²) in [5.74, 6) is 1.46. The van der Waals surface area contributed by atoms with Gasteiger partial charge in [-0.25, -0.2) is 5.10 Å². The Bertz CT molecular complexity index is 899. The maximum Gasteiger partial charge on any atom is 0.216 e. The lowest BCUT2D eigenvalue weighted by molar-refractivity contribution is 0.557. The number of H-pyrrole nitrogens is 1. The van der Waals surface area contributed by atoms with Crippen LogP contribution in [0.5, 0.6) is 0 Å². The fourth-order valence-electron chi connectivity index (χ4n) is 2.07. The number of furan rings is 1. The zero-order chi connectivity index (χ0) is 16.2. The Morgan fingerprint density at radius 2 is 2.09 bits per heavy atom. The maximum atomic E-state index is 5.29. The number of nitrogens with one attached hydrogen (secondary N) is 1. The highest BCUT2D eigenvalue weighted by Gasteiger charge is 2.07. The fraction of sp³-hybridized carbons (Fsp3) is 0.118. The number of benzene rings is 1. The Hall–Kier alpha value is -2.73. The Balaban J connectivity index is 1.91. The monoisotopic (exact) mass is 324 g/mol. The number of hydrogen-bond donors (Lipinski definition) is 1. The molecule has 0 amide bonds. The second-order valence-electron chi connectivity index (χ2n) is 5.18. The van der Waals surface area contributed by atoms with Crippen molar-refractivity contribution in [2.45, 2.75) is 13.8 Å². The zero-order valence-electron chi connectivity index (χ0n) is 12.9. The van der Waals surface area contributed by atoms with Gasteiger partial charge in [-0.15, -0.1) is 0 Å². The summed E-state index contributed by atoms with van der Waals surface area (Å²) in [5, 5.41) is 11.5. The molecule has 0 bridgehead atoms. The summed E-state index contributed by atoms with van der Waals surface area (Å²) >= 11 is 5.26. The average molecular weight is 324 g/mol. The van der Waals surface area contributed by atoms with Crippen LogP contribution in [-0.2, 0) is 0 Å². The minimum absolute atomic E-state index is 0.447. The molecule has 3 aromatic rings. The molecule has 116 valence electrons.